The number of nitrogens with one attached hydrogen (secondary N) is 2. The van der Waals surface area contributed by atoms with Crippen LogP contribution in [0.4, 0.5) is 5.95 Å². The van der Waals surface area contributed by atoms with Crippen molar-refractivity contribution in [3.8, 4) is 0 Å². The third-order valence-electron chi connectivity index (χ3n) is 7.18. The van der Waals surface area contributed by atoms with Gasteiger partial charge in [0.25, 0.3) is 5.95 Å². The number of aryl methyl sites for hydroxylation is 1. The molecule has 0 spiro atoms. The molecule has 156 valence electrons. The molecule has 3 atom stereocenters. The summed E-state index contributed by atoms with van der Waals surface area (Å²) < 4.78 is 0. The number of hydrogen-bond acceptors (Lipinski definition) is 5. The number of aromatic nitrogens is 4. The van der Waals surface area contributed by atoms with Gasteiger partial charge in [-0.2, -0.15) is 10.1 Å². The summed E-state index contributed by atoms with van der Waals surface area (Å²) in [5.74, 6) is 2.15. The topological polar surface area (TPSA) is 78.9 Å². The molecule has 3 aromatic rings. The van der Waals surface area contributed by atoms with E-state index >= 15 is 0 Å². The number of rotatable bonds is 3. The van der Waals surface area contributed by atoms with Crippen LogP contribution in [-0.4, -0.2) is 26.4 Å². The van der Waals surface area contributed by atoms with Gasteiger partial charge in [-0.1, -0.05) is 44.1 Å². The smallest absolute Gasteiger partial charge is 0.265 e. The second kappa shape index (κ2) is 7.18. The van der Waals surface area contributed by atoms with E-state index in [9.17, 15) is 0 Å². The van der Waals surface area contributed by atoms with Crippen molar-refractivity contribution in [2.24, 2.45) is 28.3 Å². The van der Waals surface area contributed by atoms with E-state index in [0.717, 1.165) is 22.1 Å². The first kappa shape index (κ1) is 19.2. The summed E-state index contributed by atoms with van der Waals surface area (Å²) >= 11 is 0. The van der Waals surface area contributed by atoms with Gasteiger partial charge in [0.1, 0.15) is 5.52 Å². The van der Waals surface area contributed by atoms with Gasteiger partial charge in [0, 0.05) is 17.1 Å². The van der Waals surface area contributed by atoms with E-state index < -0.39 is 0 Å². The molecule has 2 aliphatic rings. The Morgan fingerprint density at radius 3 is 3.00 bits per heavy atom. The first-order chi connectivity index (χ1) is 14.4. The lowest BCUT2D eigenvalue weighted by atomic mass is 9.59. The zero-order chi connectivity index (χ0) is 20.9. The predicted octanol–water partition coefficient (Wildman–Crippen LogP) is 5.62. The molecule has 6 heteroatoms. The molecule has 1 saturated carbocycles. The van der Waals surface area contributed by atoms with Crippen molar-refractivity contribution in [3.63, 3.8) is 0 Å². The van der Waals surface area contributed by atoms with E-state index in [1.807, 2.05) is 0 Å². The highest BCUT2D eigenvalue weighted by Gasteiger charge is 2.40. The number of hydrogen-bond donors (Lipinski definition) is 2. The Kier molecular flexibility index (Phi) is 4.60. The van der Waals surface area contributed by atoms with Crippen LogP contribution in [0.5, 0.6) is 0 Å². The summed E-state index contributed by atoms with van der Waals surface area (Å²) in [6.45, 7) is 9.25. The van der Waals surface area contributed by atoms with Gasteiger partial charge in [-0.3, -0.25) is 0 Å². The van der Waals surface area contributed by atoms with Gasteiger partial charge in [0.2, 0.25) is 0 Å². The first-order valence-corrected chi connectivity index (χ1v) is 11.0. The van der Waals surface area contributed by atoms with E-state index in [1.54, 1.807) is 5.57 Å². The number of hydrazone groups is 1. The van der Waals surface area contributed by atoms with E-state index in [-0.39, 0.29) is 0 Å². The molecule has 5 rings (SSSR count). The van der Waals surface area contributed by atoms with E-state index in [1.165, 1.54) is 31.2 Å². The Morgan fingerprint density at radius 1 is 1.27 bits per heavy atom. The zero-order valence-electron chi connectivity index (χ0n) is 18.2. The molecular weight excluding hydrogens is 372 g/mol. The molecule has 1 aromatic carbocycles. The van der Waals surface area contributed by atoms with E-state index in [0.29, 0.717) is 29.1 Å². The van der Waals surface area contributed by atoms with Gasteiger partial charge in [-0.05, 0) is 67.9 Å². The highest BCUT2D eigenvalue weighted by molar-refractivity contribution is 6.03. The molecule has 1 fully saturated rings. The van der Waals surface area contributed by atoms with Crippen LogP contribution < -0.4 is 5.43 Å². The Hall–Kier alpha value is -2.76. The fourth-order valence-corrected chi connectivity index (χ4v) is 5.30. The fourth-order valence-electron chi connectivity index (χ4n) is 5.30. The van der Waals surface area contributed by atoms with Crippen LogP contribution in [0, 0.1) is 30.1 Å². The summed E-state index contributed by atoms with van der Waals surface area (Å²) in [5.41, 5.74) is 8.80. The van der Waals surface area contributed by atoms with Gasteiger partial charge in [0.15, 0.2) is 5.65 Å². The van der Waals surface area contributed by atoms with Gasteiger partial charge in [-0.25, -0.2) is 5.43 Å². The maximum atomic E-state index is 4.57. The molecule has 2 N–H and O–H groups in total. The van der Waals surface area contributed by atoms with Crippen molar-refractivity contribution in [2.45, 2.75) is 53.4 Å². The maximum Gasteiger partial charge on any atom is 0.265 e. The fraction of sp³-hybridized carbons (Fsp3) is 0.500. The van der Waals surface area contributed by atoms with E-state index in [2.05, 4.69) is 88.9 Å². The van der Waals surface area contributed by atoms with Crippen LogP contribution in [0.1, 0.15) is 52.0 Å². The molecule has 0 saturated heterocycles. The lowest BCUT2D eigenvalue weighted by molar-refractivity contribution is 0.149. The number of anilines is 1. The SMILES string of the molecule is Cc1ccc2[nH]c3nc(N/N=C\[C@@H]4C[C@@H]5C(=CCCC5(C)C)C[C@H]4C)nnc3c2c1. The number of fused-ring (bicyclic) bond motifs is 4. The van der Waals surface area contributed by atoms with Crippen LogP contribution in [0.15, 0.2) is 34.9 Å². The maximum absolute atomic E-state index is 4.57. The van der Waals surface area contributed by atoms with E-state index in [4.69, 9.17) is 0 Å². The normalized spacial score (nSPS) is 26.1. The molecular formula is C24H30N6. The molecule has 0 bridgehead atoms. The molecule has 0 amide bonds. The molecule has 0 aliphatic heterocycles. The Balaban J connectivity index is 1.33. The second-order valence-electron chi connectivity index (χ2n) is 9.84. The predicted molar refractivity (Wildman–Crippen MR) is 123 cm³/mol. The number of aromatic amines is 1. The van der Waals surface area contributed by atoms with Crippen LogP contribution >= 0.6 is 0 Å². The van der Waals surface area contributed by atoms with Crippen molar-refractivity contribution in [2.75, 3.05) is 5.43 Å². The largest absolute Gasteiger partial charge is 0.338 e. The highest BCUT2D eigenvalue weighted by atomic mass is 15.4. The van der Waals surface area contributed by atoms with Gasteiger partial charge >= 0.3 is 0 Å². The minimum absolute atomic E-state index is 0.385. The van der Waals surface area contributed by atoms with Gasteiger partial charge < -0.3 is 4.98 Å². The third kappa shape index (κ3) is 3.38. The number of nitrogens with zero attached hydrogens (tertiary/aromatic N) is 4. The van der Waals surface area contributed by atoms with Crippen LogP contribution in [-0.2, 0) is 0 Å². The Labute approximate surface area is 177 Å². The van der Waals surface area contributed by atoms with Crippen molar-refractivity contribution < 1.29 is 0 Å². The summed E-state index contributed by atoms with van der Waals surface area (Å²) in [6.07, 6.45) is 9.42. The summed E-state index contributed by atoms with van der Waals surface area (Å²) in [6, 6.07) is 6.24. The second-order valence-corrected chi connectivity index (χ2v) is 9.84. The summed E-state index contributed by atoms with van der Waals surface area (Å²) in [5, 5.41) is 14.2. The van der Waals surface area contributed by atoms with Crippen molar-refractivity contribution in [3.05, 3.63) is 35.4 Å². The monoisotopic (exact) mass is 402 g/mol. The molecule has 6 nitrogen and oxygen atoms in total. The van der Waals surface area contributed by atoms with Gasteiger partial charge in [-0.15, -0.1) is 10.2 Å². The van der Waals surface area contributed by atoms with Crippen molar-refractivity contribution in [1.29, 1.82) is 0 Å². The lowest BCUT2D eigenvalue weighted by Crippen LogP contribution is -2.36. The zero-order valence-corrected chi connectivity index (χ0v) is 18.2. The molecule has 2 heterocycles. The molecule has 0 unspecified atom stereocenters. The molecule has 2 aromatic heterocycles. The van der Waals surface area contributed by atoms with Crippen LogP contribution in [0.3, 0.4) is 0 Å². The van der Waals surface area contributed by atoms with Crippen LogP contribution in [0.25, 0.3) is 22.1 Å². The molecule has 30 heavy (non-hydrogen) atoms. The average Bonchev–Trinajstić information content (AvgIpc) is 3.05. The molecule has 2 aliphatic carbocycles. The summed E-state index contributed by atoms with van der Waals surface area (Å²) in [4.78, 5) is 7.89. The minimum Gasteiger partial charge on any atom is -0.338 e. The lowest BCUT2D eigenvalue weighted by Gasteiger charge is -2.46. The third-order valence-corrected chi connectivity index (χ3v) is 7.18. The number of benzene rings is 1. The quantitative estimate of drug-likeness (QED) is 0.338. The Morgan fingerprint density at radius 2 is 2.13 bits per heavy atom. The Bertz CT molecular complexity index is 1160. The van der Waals surface area contributed by atoms with Crippen molar-refractivity contribution >= 4 is 34.2 Å². The minimum atomic E-state index is 0.385. The number of allylic oxidation sites excluding steroid dienone is 2. The first-order valence-electron chi connectivity index (χ1n) is 11.0. The standard InChI is InChI=1S/C24H30N6/c1-14-7-8-20-18(10-14)21-22(26-20)27-23(30-28-21)29-25-13-17-12-19-16(11-15(17)2)6-5-9-24(19,3)4/h6-8,10,13,15,17,19H,5,9,11-12H2,1-4H3,(H2,26,27,29,30)/b25-13-/t15-,17+,19-/m1/s1. The van der Waals surface area contributed by atoms with Gasteiger partial charge in [0.05, 0.1) is 0 Å². The molecule has 0 radical (unpaired) electrons. The summed E-state index contributed by atoms with van der Waals surface area (Å²) in [7, 11) is 0. The van der Waals surface area contributed by atoms with Crippen molar-refractivity contribution in [1.82, 2.24) is 20.2 Å². The van der Waals surface area contributed by atoms with Crippen LogP contribution in [0.2, 0.25) is 0 Å². The average molecular weight is 403 g/mol. The number of H-pyrrole nitrogens is 1. The highest BCUT2D eigenvalue weighted by Crippen LogP contribution is 2.50.